The lowest BCUT2D eigenvalue weighted by atomic mass is 10.1. The molecule has 108 valence electrons. The Bertz CT molecular complexity index is 589. The molecular formula is C13H19N5OS. The molecule has 0 spiro atoms. The second-order valence-corrected chi connectivity index (χ2v) is 5.75. The van der Waals surface area contributed by atoms with Crippen LogP contribution in [0, 0.1) is 5.92 Å². The Morgan fingerprint density at radius 1 is 1.40 bits per heavy atom. The fourth-order valence-corrected chi connectivity index (χ4v) is 2.35. The van der Waals surface area contributed by atoms with Gasteiger partial charge in [0.25, 0.3) is 5.91 Å². The van der Waals surface area contributed by atoms with Gasteiger partial charge in [0.05, 0.1) is 12.2 Å². The highest BCUT2D eigenvalue weighted by atomic mass is 32.1. The van der Waals surface area contributed by atoms with Gasteiger partial charge in [0.2, 0.25) is 0 Å². The van der Waals surface area contributed by atoms with Crippen LogP contribution in [0.1, 0.15) is 37.3 Å². The predicted molar refractivity (Wildman–Crippen MR) is 81.4 cm³/mol. The average Bonchev–Trinajstić information content (AvgIpc) is 3.06. The van der Waals surface area contributed by atoms with Crippen LogP contribution >= 0.6 is 11.3 Å². The van der Waals surface area contributed by atoms with Gasteiger partial charge in [-0.15, -0.1) is 11.3 Å². The topological polar surface area (TPSA) is 71.8 Å². The predicted octanol–water partition coefficient (Wildman–Crippen LogP) is 2.85. The number of carbonyl (C=O) groups is 1. The molecular weight excluding hydrogens is 274 g/mol. The molecule has 0 fully saturated rings. The van der Waals surface area contributed by atoms with Gasteiger partial charge in [0.15, 0.2) is 5.13 Å². The Labute approximate surface area is 122 Å². The Balaban J connectivity index is 2.14. The molecule has 2 aromatic rings. The zero-order valence-corrected chi connectivity index (χ0v) is 12.9. The summed E-state index contributed by atoms with van der Waals surface area (Å²) < 4.78 is 1.83. The summed E-state index contributed by atoms with van der Waals surface area (Å²) in [6.07, 6.45) is 1.69. The second kappa shape index (κ2) is 6.04. The average molecular weight is 293 g/mol. The minimum Gasteiger partial charge on any atom is -0.365 e. The lowest BCUT2D eigenvalue weighted by Crippen LogP contribution is -2.20. The first-order chi connectivity index (χ1) is 9.52. The van der Waals surface area contributed by atoms with Crippen LogP contribution < -0.4 is 10.6 Å². The van der Waals surface area contributed by atoms with Crippen molar-refractivity contribution >= 4 is 28.2 Å². The number of carbonyl (C=O) groups excluding carboxylic acids is 1. The molecule has 6 nitrogen and oxygen atoms in total. The van der Waals surface area contributed by atoms with E-state index in [0.717, 1.165) is 5.13 Å². The maximum Gasteiger partial charge on any atom is 0.276 e. The van der Waals surface area contributed by atoms with Gasteiger partial charge in [-0.3, -0.25) is 4.79 Å². The second-order valence-electron chi connectivity index (χ2n) is 4.89. The quantitative estimate of drug-likeness (QED) is 0.889. The Hall–Kier alpha value is -1.89. The number of hydrogen-bond donors (Lipinski definition) is 2. The van der Waals surface area contributed by atoms with Gasteiger partial charge in [-0.25, -0.2) is 9.67 Å². The molecule has 2 heterocycles. The Morgan fingerprint density at radius 2 is 2.15 bits per heavy atom. The van der Waals surface area contributed by atoms with Crippen LogP contribution in [-0.4, -0.2) is 27.7 Å². The summed E-state index contributed by atoms with van der Waals surface area (Å²) in [7, 11) is 1.78. The summed E-state index contributed by atoms with van der Waals surface area (Å²) in [5, 5.41) is 12.5. The number of aromatic nitrogens is 3. The molecule has 1 amide bonds. The van der Waals surface area contributed by atoms with Crippen LogP contribution in [0.15, 0.2) is 17.6 Å². The third-order valence-corrected chi connectivity index (χ3v) is 4.07. The highest BCUT2D eigenvalue weighted by Crippen LogP contribution is 2.22. The van der Waals surface area contributed by atoms with Crippen LogP contribution in [0.4, 0.5) is 10.9 Å². The van der Waals surface area contributed by atoms with Crippen molar-refractivity contribution in [3.63, 3.8) is 0 Å². The van der Waals surface area contributed by atoms with Crippen LogP contribution in [0.2, 0.25) is 0 Å². The number of nitrogens with zero attached hydrogens (tertiary/aromatic N) is 3. The maximum absolute atomic E-state index is 12.2. The summed E-state index contributed by atoms with van der Waals surface area (Å²) in [5.74, 6) is 0.899. The van der Waals surface area contributed by atoms with Gasteiger partial charge >= 0.3 is 0 Å². The standard InChI is InChI=1S/C13H19N5OS/c1-8(2)9(3)18-11(5-6-15-18)17-12(19)10-7-20-13(14-4)16-10/h5-9H,1-4H3,(H,14,16)(H,17,19)/t9-/m1/s1. The van der Waals surface area contributed by atoms with Crippen molar-refractivity contribution < 1.29 is 4.79 Å². The number of hydrogen-bond acceptors (Lipinski definition) is 5. The first kappa shape index (κ1) is 14.5. The van der Waals surface area contributed by atoms with Crippen molar-refractivity contribution in [3.8, 4) is 0 Å². The zero-order chi connectivity index (χ0) is 14.7. The van der Waals surface area contributed by atoms with Gasteiger partial charge in [-0.2, -0.15) is 5.10 Å². The fraction of sp³-hybridized carbons (Fsp3) is 0.462. The molecule has 0 aliphatic carbocycles. The maximum atomic E-state index is 12.2. The molecule has 2 aromatic heterocycles. The zero-order valence-electron chi connectivity index (χ0n) is 12.0. The van der Waals surface area contributed by atoms with Crippen molar-refractivity contribution in [2.24, 2.45) is 5.92 Å². The van der Waals surface area contributed by atoms with Gasteiger partial charge in [0.1, 0.15) is 11.5 Å². The molecule has 2 rings (SSSR count). The summed E-state index contributed by atoms with van der Waals surface area (Å²) in [4.78, 5) is 16.3. The number of anilines is 2. The molecule has 0 aliphatic heterocycles. The first-order valence-electron chi connectivity index (χ1n) is 6.51. The molecule has 0 unspecified atom stereocenters. The fourth-order valence-electron chi connectivity index (χ4n) is 1.69. The molecule has 0 bridgehead atoms. The van der Waals surface area contributed by atoms with Crippen molar-refractivity contribution in [2.75, 3.05) is 17.7 Å². The molecule has 0 radical (unpaired) electrons. The third-order valence-electron chi connectivity index (χ3n) is 3.21. The molecule has 20 heavy (non-hydrogen) atoms. The SMILES string of the molecule is CNc1nc(C(=O)Nc2ccnn2[C@H](C)C(C)C)cs1. The first-order valence-corrected chi connectivity index (χ1v) is 7.39. The van der Waals surface area contributed by atoms with E-state index in [2.05, 4.69) is 41.5 Å². The normalized spacial score (nSPS) is 12.4. The molecule has 0 saturated heterocycles. The highest BCUT2D eigenvalue weighted by Gasteiger charge is 2.17. The van der Waals surface area contributed by atoms with Crippen LogP contribution in [0.25, 0.3) is 0 Å². The van der Waals surface area contributed by atoms with Crippen molar-refractivity contribution in [3.05, 3.63) is 23.3 Å². The Kier molecular flexibility index (Phi) is 4.39. The van der Waals surface area contributed by atoms with E-state index in [1.165, 1.54) is 11.3 Å². The largest absolute Gasteiger partial charge is 0.365 e. The van der Waals surface area contributed by atoms with Crippen LogP contribution in [-0.2, 0) is 0 Å². The van der Waals surface area contributed by atoms with E-state index in [9.17, 15) is 4.79 Å². The Morgan fingerprint density at radius 3 is 2.75 bits per heavy atom. The molecule has 0 aromatic carbocycles. The molecule has 0 saturated carbocycles. The highest BCUT2D eigenvalue weighted by molar-refractivity contribution is 7.13. The van der Waals surface area contributed by atoms with Crippen molar-refractivity contribution in [1.29, 1.82) is 0 Å². The van der Waals surface area contributed by atoms with Crippen molar-refractivity contribution in [2.45, 2.75) is 26.8 Å². The molecule has 2 N–H and O–H groups in total. The molecule has 7 heteroatoms. The van der Waals surface area contributed by atoms with E-state index in [1.54, 1.807) is 24.7 Å². The summed E-state index contributed by atoms with van der Waals surface area (Å²) in [6, 6.07) is 2.01. The van der Waals surface area contributed by atoms with Crippen LogP contribution in [0.3, 0.4) is 0 Å². The monoisotopic (exact) mass is 293 g/mol. The minimum atomic E-state index is -0.222. The van der Waals surface area contributed by atoms with Gasteiger partial charge in [-0.05, 0) is 12.8 Å². The van der Waals surface area contributed by atoms with E-state index in [-0.39, 0.29) is 11.9 Å². The summed E-state index contributed by atoms with van der Waals surface area (Å²) >= 11 is 1.40. The lowest BCUT2D eigenvalue weighted by Gasteiger charge is -2.19. The molecule has 0 aliphatic rings. The number of thiazole rings is 1. The van der Waals surface area contributed by atoms with E-state index in [4.69, 9.17) is 0 Å². The lowest BCUT2D eigenvalue weighted by molar-refractivity contribution is 0.102. The van der Waals surface area contributed by atoms with Gasteiger partial charge in [0, 0.05) is 18.5 Å². The number of nitrogens with one attached hydrogen (secondary N) is 2. The number of rotatable bonds is 5. The molecule has 1 atom stereocenters. The smallest absolute Gasteiger partial charge is 0.276 e. The van der Waals surface area contributed by atoms with E-state index < -0.39 is 0 Å². The minimum absolute atomic E-state index is 0.212. The van der Waals surface area contributed by atoms with E-state index in [1.807, 2.05) is 4.68 Å². The van der Waals surface area contributed by atoms with Crippen LogP contribution in [0.5, 0.6) is 0 Å². The van der Waals surface area contributed by atoms with Gasteiger partial charge in [-0.1, -0.05) is 13.8 Å². The van der Waals surface area contributed by atoms with E-state index >= 15 is 0 Å². The summed E-state index contributed by atoms with van der Waals surface area (Å²) in [5.41, 5.74) is 0.407. The van der Waals surface area contributed by atoms with E-state index in [0.29, 0.717) is 17.4 Å². The summed E-state index contributed by atoms with van der Waals surface area (Å²) in [6.45, 7) is 6.32. The number of amides is 1. The van der Waals surface area contributed by atoms with Crippen molar-refractivity contribution in [1.82, 2.24) is 14.8 Å². The van der Waals surface area contributed by atoms with Gasteiger partial charge < -0.3 is 10.6 Å². The third kappa shape index (κ3) is 2.98.